The highest BCUT2D eigenvalue weighted by Gasteiger charge is 2.25. The van der Waals surface area contributed by atoms with Crippen molar-refractivity contribution < 1.29 is 13.2 Å². The first-order valence-electron chi connectivity index (χ1n) is 7.82. The van der Waals surface area contributed by atoms with Gasteiger partial charge >= 0.3 is 0 Å². The van der Waals surface area contributed by atoms with Crippen LogP contribution in [-0.4, -0.2) is 39.3 Å². The van der Waals surface area contributed by atoms with Crippen LogP contribution >= 0.6 is 0 Å². The highest BCUT2D eigenvalue weighted by Crippen LogP contribution is 2.30. The Labute approximate surface area is 133 Å². The average Bonchev–Trinajstić information content (AvgIpc) is 2.45. The lowest BCUT2D eigenvalue weighted by Crippen LogP contribution is -2.38. The summed E-state index contributed by atoms with van der Waals surface area (Å²) in [5, 5.41) is 0. The molecule has 0 aromatic heterocycles. The quantitative estimate of drug-likeness (QED) is 0.782. The van der Waals surface area contributed by atoms with Crippen molar-refractivity contribution in [3.63, 3.8) is 0 Å². The molecule has 0 saturated heterocycles. The summed E-state index contributed by atoms with van der Waals surface area (Å²) in [7, 11) is -1.19. The number of sulfone groups is 1. The van der Waals surface area contributed by atoms with Gasteiger partial charge in [0.05, 0.1) is 0 Å². The molecular formula is C17H25NO3S. The van der Waals surface area contributed by atoms with Crippen molar-refractivity contribution in [1.82, 2.24) is 0 Å². The third kappa shape index (κ3) is 4.32. The van der Waals surface area contributed by atoms with E-state index < -0.39 is 15.6 Å². The monoisotopic (exact) mass is 323 g/mol. The van der Waals surface area contributed by atoms with Crippen LogP contribution in [0.25, 0.3) is 0 Å². The normalized spacial score (nSPS) is 22.3. The molecule has 0 heterocycles. The van der Waals surface area contributed by atoms with E-state index in [4.69, 9.17) is 0 Å². The van der Waals surface area contributed by atoms with Gasteiger partial charge in [0.15, 0.2) is 15.6 Å². The molecule has 1 aromatic rings. The molecule has 2 rings (SSSR count). The molecule has 1 aliphatic rings. The minimum absolute atomic E-state index is 0.345. The number of hydrogen-bond acceptors (Lipinski definition) is 4. The van der Waals surface area contributed by atoms with E-state index in [2.05, 4.69) is 18.9 Å². The van der Waals surface area contributed by atoms with E-state index in [1.807, 2.05) is 12.1 Å². The van der Waals surface area contributed by atoms with Crippen LogP contribution in [0.2, 0.25) is 0 Å². The molecule has 122 valence electrons. The van der Waals surface area contributed by atoms with Gasteiger partial charge in [-0.3, -0.25) is 4.79 Å². The van der Waals surface area contributed by atoms with Crippen LogP contribution in [0.4, 0.5) is 5.69 Å². The molecule has 2 unspecified atom stereocenters. The van der Waals surface area contributed by atoms with Crippen LogP contribution in [0.1, 0.15) is 43.0 Å². The second-order valence-corrected chi connectivity index (χ2v) is 8.62. The van der Waals surface area contributed by atoms with Crippen LogP contribution in [-0.2, 0) is 9.84 Å². The zero-order valence-corrected chi connectivity index (χ0v) is 14.4. The molecule has 0 amide bonds. The molecule has 0 radical (unpaired) electrons. The van der Waals surface area contributed by atoms with Gasteiger partial charge in [-0.15, -0.1) is 0 Å². The van der Waals surface area contributed by atoms with Crippen LogP contribution < -0.4 is 4.90 Å². The van der Waals surface area contributed by atoms with Crippen molar-refractivity contribution in [3.05, 3.63) is 29.8 Å². The third-order valence-corrected chi connectivity index (χ3v) is 5.34. The second kappa shape index (κ2) is 6.82. The largest absolute Gasteiger partial charge is 0.371 e. The Bertz CT molecular complexity index is 622. The number of hydrogen-bond donors (Lipinski definition) is 0. The van der Waals surface area contributed by atoms with E-state index in [1.54, 1.807) is 12.1 Å². The van der Waals surface area contributed by atoms with E-state index in [-0.39, 0.29) is 5.78 Å². The van der Waals surface area contributed by atoms with Crippen molar-refractivity contribution in [2.24, 2.45) is 5.92 Å². The third-order valence-electron chi connectivity index (χ3n) is 4.55. The molecule has 1 saturated carbocycles. The maximum Gasteiger partial charge on any atom is 0.177 e. The van der Waals surface area contributed by atoms with Crippen molar-refractivity contribution >= 4 is 21.3 Å². The first kappa shape index (κ1) is 17.0. The first-order valence-corrected chi connectivity index (χ1v) is 9.88. The van der Waals surface area contributed by atoms with Crippen molar-refractivity contribution in [1.29, 1.82) is 0 Å². The Morgan fingerprint density at radius 3 is 2.32 bits per heavy atom. The van der Waals surface area contributed by atoms with Crippen molar-refractivity contribution in [3.8, 4) is 0 Å². The fourth-order valence-electron chi connectivity index (χ4n) is 3.27. The molecule has 5 heteroatoms. The minimum Gasteiger partial charge on any atom is -0.371 e. The Morgan fingerprint density at radius 1 is 1.18 bits per heavy atom. The van der Waals surface area contributed by atoms with Gasteiger partial charge in [0.2, 0.25) is 0 Å². The molecule has 0 spiro atoms. The van der Waals surface area contributed by atoms with E-state index in [0.29, 0.717) is 17.5 Å². The summed E-state index contributed by atoms with van der Waals surface area (Å²) in [5.41, 5.74) is 1.54. The number of rotatable bonds is 5. The minimum atomic E-state index is -3.28. The zero-order chi connectivity index (χ0) is 16.3. The Kier molecular flexibility index (Phi) is 5.27. The summed E-state index contributed by atoms with van der Waals surface area (Å²) in [6.07, 6.45) is 6.12. The lowest BCUT2D eigenvalue weighted by atomic mass is 9.85. The van der Waals surface area contributed by atoms with Gasteiger partial charge in [-0.2, -0.15) is 0 Å². The van der Waals surface area contributed by atoms with Gasteiger partial charge in [0.25, 0.3) is 0 Å². The smallest absolute Gasteiger partial charge is 0.177 e. The summed E-state index contributed by atoms with van der Waals surface area (Å²) < 4.78 is 22.4. The fraction of sp³-hybridized carbons (Fsp3) is 0.588. The molecule has 2 atom stereocenters. The van der Waals surface area contributed by atoms with E-state index >= 15 is 0 Å². The molecule has 1 aromatic carbocycles. The molecule has 1 fully saturated rings. The van der Waals surface area contributed by atoms with Crippen molar-refractivity contribution in [2.45, 2.75) is 38.6 Å². The Hall–Kier alpha value is -1.36. The van der Waals surface area contributed by atoms with E-state index in [9.17, 15) is 13.2 Å². The van der Waals surface area contributed by atoms with E-state index in [0.717, 1.165) is 11.9 Å². The number of benzene rings is 1. The number of ketones is 1. The van der Waals surface area contributed by atoms with Crippen LogP contribution in [0, 0.1) is 5.92 Å². The lowest BCUT2D eigenvalue weighted by molar-refractivity contribution is 0.102. The highest BCUT2D eigenvalue weighted by molar-refractivity contribution is 7.91. The van der Waals surface area contributed by atoms with Crippen LogP contribution in [0.3, 0.4) is 0 Å². The summed E-state index contributed by atoms with van der Waals surface area (Å²) in [6, 6.07) is 7.82. The Morgan fingerprint density at radius 2 is 1.77 bits per heavy atom. The summed E-state index contributed by atoms with van der Waals surface area (Å²) in [4.78, 5) is 14.2. The van der Waals surface area contributed by atoms with Gasteiger partial charge in [0.1, 0.15) is 5.75 Å². The molecule has 4 nitrogen and oxygen atoms in total. The fourth-order valence-corrected chi connectivity index (χ4v) is 3.91. The molecule has 0 aliphatic heterocycles. The summed E-state index contributed by atoms with van der Waals surface area (Å²) in [6.45, 7) is 2.30. The number of carbonyl (C=O) groups is 1. The van der Waals surface area contributed by atoms with Gasteiger partial charge in [-0.1, -0.05) is 19.8 Å². The van der Waals surface area contributed by atoms with Crippen LogP contribution in [0.5, 0.6) is 0 Å². The standard InChI is InChI=1S/C17H25NO3S/c1-13-6-4-5-7-16(13)18(2)15-10-8-14(9-11-15)17(19)12-22(3,20)21/h8-11,13,16H,4-7,12H2,1-3H3. The van der Waals surface area contributed by atoms with E-state index in [1.165, 1.54) is 25.7 Å². The highest BCUT2D eigenvalue weighted by atomic mass is 32.2. The zero-order valence-electron chi connectivity index (χ0n) is 13.6. The summed E-state index contributed by atoms with van der Waals surface area (Å²) >= 11 is 0. The molecule has 0 bridgehead atoms. The lowest BCUT2D eigenvalue weighted by Gasteiger charge is -2.37. The van der Waals surface area contributed by atoms with Gasteiger partial charge in [0, 0.05) is 30.6 Å². The number of anilines is 1. The predicted octanol–water partition coefficient (Wildman–Crippen LogP) is 2.93. The van der Waals surface area contributed by atoms with Crippen molar-refractivity contribution in [2.75, 3.05) is 24.0 Å². The van der Waals surface area contributed by atoms with Crippen LogP contribution in [0.15, 0.2) is 24.3 Å². The molecular weight excluding hydrogens is 298 g/mol. The number of carbonyl (C=O) groups excluding carboxylic acids is 1. The topological polar surface area (TPSA) is 54.5 Å². The second-order valence-electron chi connectivity index (χ2n) is 6.48. The maximum atomic E-state index is 11.9. The van der Waals surface area contributed by atoms with Gasteiger partial charge in [-0.05, 0) is 43.0 Å². The Balaban J connectivity index is 2.09. The molecule has 22 heavy (non-hydrogen) atoms. The molecule has 0 N–H and O–H groups in total. The van der Waals surface area contributed by atoms with Gasteiger partial charge < -0.3 is 4.90 Å². The predicted molar refractivity (Wildman–Crippen MR) is 90.3 cm³/mol. The number of Topliss-reactive ketones (excluding diaryl/α,β-unsaturated/α-hetero) is 1. The SMILES string of the molecule is CC1CCCCC1N(C)c1ccc(C(=O)CS(C)(=O)=O)cc1. The first-order chi connectivity index (χ1) is 10.3. The van der Waals surface area contributed by atoms with Gasteiger partial charge in [-0.25, -0.2) is 8.42 Å². The summed E-state index contributed by atoms with van der Waals surface area (Å²) in [5.74, 6) is -0.102. The molecule has 1 aliphatic carbocycles. The average molecular weight is 323 g/mol. The number of nitrogens with zero attached hydrogens (tertiary/aromatic N) is 1. The maximum absolute atomic E-state index is 11.9.